The number of hydrogen-bond donors (Lipinski definition) is 0. The third kappa shape index (κ3) is 3.26. The Morgan fingerprint density at radius 1 is 1.23 bits per heavy atom. The maximum atomic E-state index is 12.8. The molecule has 2 aromatic heterocycles. The summed E-state index contributed by atoms with van der Waals surface area (Å²) in [7, 11) is -3.52. The highest BCUT2D eigenvalue weighted by atomic mass is 32.2. The topological polar surface area (TPSA) is 90.2 Å². The van der Waals surface area contributed by atoms with Crippen LogP contribution in [0.3, 0.4) is 0 Å². The molecule has 8 nitrogen and oxygen atoms in total. The summed E-state index contributed by atoms with van der Waals surface area (Å²) in [5.74, 6) is 2.03. The summed E-state index contributed by atoms with van der Waals surface area (Å²) in [6, 6.07) is 3.24. The van der Waals surface area contributed by atoms with Crippen LogP contribution in [-0.4, -0.2) is 58.8 Å². The molecule has 2 fully saturated rings. The van der Waals surface area contributed by atoms with E-state index < -0.39 is 10.0 Å². The predicted molar refractivity (Wildman–Crippen MR) is 94.2 cm³/mol. The van der Waals surface area contributed by atoms with E-state index in [0.29, 0.717) is 19.0 Å². The Hall–Kier alpha value is -1.84. The molecular formula is C17H23N5O3S. The molecule has 0 saturated carbocycles. The normalized spacial score (nSPS) is 22.7. The van der Waals surface area contributed by atoms with Gasteiger partial charge in [0.25, 0.3) is 0 Å². The fraction of sp³-hybridized carbons (Fsp3) is 0.588. The van der Waals surface area contributed by atoms with E-state index in [-0.39, 0.29) is 10.9 Å². The molecule has 4 rings (SSSR count). The first-order valence-corrected chi connectivity index (χ1v) is 10.4. The largest absolute Gasteiger partial charge is 0.381 e. The third-order valence-electron chi connectivity index (χ3n) is 5.09. The van der Waals surface area contributed by atoms with E-state index in [9.17, 15) is 8.42 Å². The van der Waals surface area contributed by atoms with Crippen molar-refractivity contribution in [3.05, 3.63) is 36.2 Å². The lowest BCUT2D eigenvalue weighted by Gasteiger charge is -2.23. The molecule has 0 amide bonds. The average molecular weight is 377 g/mol. The van der Waals surface area contributed by atoms with Crippen LogP contribution in [0, 0.1) is 6.92 Å². The highest BCUT2D eigenvalue weighted by Crippen LogP contribution is 2.32. The summed E-state index contributed by atoms with van der Waals surface area (Å²) < 4.78 is 34.6. The van der Waals surface area contributed by atoms with Crippen molar-refractivity contribution >= 4 is 10.0 Å². The molecule has 2 saturated heterocycles. The van der Waals surface area contributed by atoms with Gasteiger partial charge in [-0.3, -0.25) is 4.98 Å². The molecule has 2 aliphatic rings. The van der Waals surface area contributed by atoms with Gasteiger partial charge in [0.05, 0.1) is 6.04 Å². The molecule has 140 valence electrons. The molecule has 0 radical (unpaired) electrons. The standard InChI is InChI=1S/C17H23N5O3S/c1-13-19-17(14-5-9-25-10-6-14)22(20-13)15-4-8-21(12-15)26(23,24)16-3-2-7-18-11-16/h2-3,7,11,14-15H,4-6,8-10,12H2,1H3. The molecule has 0 aliphatic carbocycles. The number of hydrogen-bond acceptors (Lipinski definition) is 6. The Kier molecular flexibility index (Phi) is 4.76. The van der Waals surface area contributed by atoms with E-state index in [1.54, 1.807) is 18.3 Å². The van der Waals surface area contributed by atoms with Crippen molar-refractivity contribution in [3.63, 3.8) is 0 Å². The van der Waals surface area contributed by atoms with Gasteiger partial charge in [-0.2, -0.15) is 9.40 Å². The summed E-state index contributed by atoms with van der Waals surface area (Å²) in [5, 5.41) is 4.59. The zero-order chi connectivity index (χ0) is 18.1. The lowest BCUT2D eigenvalue weighted by atomic mass is 9.99. The average Bonchev–Trinajstić information content (AvgIpc) is 3.30. The molecule has 2 aromatic rings. The molecule has 0 aromatic carbocycles. The van der Waals surface area contributed by atoms with Crippen LogP contribution in [-0.2, 0) is 14.8 Å². The molecule has 0 N–H and O–H groups in total. The van der Waals surface area contributed by atoms with E-state index in [1.807, 2.05) is 11.6 Å². The van der Waals surface area contributed by atoms with Crippen molar-refractivity contribution < 1.29 is 13.2 Å². The fourth-order valence-corrected chi connectivity index (χ4v) is 5.18. The van der Waals surface area contributed by atoms with E-state index in [0.717, 1.165) is 44.1 Å². The van der Waals surface area contributed by atoms with Crippen molar-refractivity contribution in [3.8, 4) is 0 Å². The van der Waals surface area contributed by atoms with E-state index in [2.05, 4.69) is 15.1 Å². The van der Waals surface area contributed by atoms with E-state index >= 15 is 0 Å². The van der Waals surface area contributed by atoms with Crippen molar-refractivity contribution in [1.29, 1.82) is 0 Å². The number of aryl methyl sites for hydroxylation is 1. The molecular weight excluding hydrogens is 354 g/mol. The van der Waals surface area contributed by atoms with Crippen LogP contribution in [0.5, 0.6) is 0 Å². The van der Waals surface area contributed by atoms with Crippen LogP contribution in [0.2, 0.25) is 0 Å². The first-order valence-electron chi connectivity index (χ1n) is 8.96. The maximum Gasteiger partial charge on any atom is 0.244 e. The number of sulfonamides is 1. The molecule has 26 heavy (non-hydrogen) atoms. The summed E-state index contributed by atoms with van der Waals surface area (Å²) in [4.78, 5) is 8.81. The van der Waals surface area contributed by atoms with Crippen molar-refractivity contribution in [1.82, 2.24) is 24.1 Å². The highest BCUT2D eigenvalue weighted by Gasteiger charge is 2.36. The zero-order valence-corrected chi connectivity index (χ0v) is 15.6. The second-order valence-corrected chi connectivity index (χ2v) is 8.78. The molecule has 1 unspecified atom stereocenters. The minimum Gasteiger partial charge on any atom is -0.381 e. The monoisotopic (exact) mass is 377 g/mol. The van der Waals surface area contributed by atoms with E-state index in [1.165, 1.54) is 10.5 Å². The Bertz CT molecular complexity index is 862. The molecule has 4 heterocycles. The summed E-state index contributed by atoms with van der Waals surface area (Å²) in [6.45, 7) is 4.26. The van der Waals surface area contributed by atoms with Crippen LogP contribution >= 0.6 is 0 Å². The maximum absolute atomic E-state index is 12.8. The third-order valence-corrected chi connectivity index (χ3v) is 6.94. The van der Waals surface area contributed by atoms with Gasteiger partial charge < -0.3 is 4.74 Å². The van der Waals surface area contributed by atoms with E-state index in [4.69, 9.17) is 4.74 Å². The predicted octanol–water partition coefficient (Wildman–Crippen LogP) is 1.51. The lowest BCUT2D eigenvalue weighted by Crippen LogP contribution is -2.30. The highest BCUT2D eigenvalue weighted by molar-refractivity contribution is 7.89. The van der Waals surface area contributed by atoms with Gasteiger partial charge in [0.2, 0.25) is 10.0 Å². The molecule has 9 heteroatoms. The lowest BCUT2D eigenvalue weighted by molar-refractivity contribution is 0.0821. The number of aromatic nitrogens is 4. The number of ether oxygens (including phenoxy) is 1. The van der Waals surface area contributed by atoms with Crippen LogP contribution in [0.25, 0.3) is 0 Å². The van der Waals surface area contributed by atoms with Crippen LogP contribution < -0.4 is 0 Å². The quantitative estimate of drug-likeness (QED) is 0.802. The fourth-order valence-electron chi connectivity index (χ4n) is 3.73. The van der Waals surface area contributed by atoms with Gasteiger partial charge in [-0.25, -0.2) is 18.1 Å². The first kappa shape index (κ1) is 17.6. The van der Waals surface area contributed by atoms with Gasteiger partial charge in [-0.05, 0) is 38.3 Å². The van der Waals surface area contributed by atoms with Gasteiger partial charge in [0.15, 0.2) is 0 Å². The van der Waals surface area contributed by atoms with Crippen LogP contribution in [0.15, 0.2) is 29.4 Å². The Labute approximate surface area is 153 Å². The Morgan fingerprint density at radius 3 is 2.77 bits per heavy atom. The smallest absolute Gasteiger partial charge is 0.244 e. The van der Waals surface area contributed by atoms with Crippen molar-refractivity contribution in [2.75, 3.05) is 26.3 Å². The summed E-state index contributed by atoms with van der Waals surface area (Å²) in [6.07, 6.45) is 5.57. The van der Waals surface area contributed by atoms with Gasteiger partial charge in [0, 0.05) is 44.6 Å². The number of pyridine rings is 1. The zero-order valence-electron chi connectivity index (χ0n) is 14.8. The summed E-state index contributed by atoms with van der Waals surface area (Å²) in [5.41, 5.74) is 0. The molecule has 0 bridgehead atoms. The van der Waals surface area contributed by atoms with Crippen LogP contribution in [0.4, 0.5) is 0 Å². The van der Waals surface area contributed by atoms with Gasteiger partial charge in [-0.15, -0.1) is 0 Å². The summed E-state index contributed by atoms with van der Waals surface area (Å²) >= 11 is 0. The molecule has 1 atom stereocenters. The van der Waals surface area contributed by atoms with Crippen molar-refractivity contribution in [2.45, 2.75) is 43.0 Å². The minimum atomic E-state index is -3.52. The van der Waals surface area contributed by atoms with Crippen molar-refractivity contribution in [2.24, 2.45) is 0 Å². The molecule has 2 aliphatic heterocycles. The van der Waals surface area contributed by atoms with Gasteiger partial charge in [-0.1, -0.05) is 0 Å². The first-order chi connectivity index (χ1) is 12.6. The van der Waals surface area contributed by atoms with Gasteiger partial charge >= 0.3 is 0 Å². The van der Waals surface area contributed by atoms with Gasteiger partial charge in [0.1, 0.15) is 16.5 Å². The number of nitrogens with zero attached hydrogens (tertiary/aromatic N) is 5. The second kappa shape index (κ2) is 7.05. The minimum absolute atomic E-state index is 0.0143. The second-order valence-electron chi connectivity index (χ2n) is 6.84. The Balaban J connectivity index is 1.56. The van der Waals surface area contributed by atoms with Crippen LogP contribution in [0.1, 0.15) is 42.9 Å². The number of rotatable bonds is 4. The molecule has 0 spiro atoms. The SMILES string of the molecule is Cc1nc(C2CCOCC2)n(C2CCN(S(=O)(=O)c3cccnc3)C2)n1. The Morgan fingerprint density at radius 2 is 2.04 bits per heavy atom.